The van der Waals surface area contributed by atoms with Gasteiger partial charge >= 0.3 is 5.97 Å². The Hall–Kier alpha value is -0.750. The van der Waals surface area contributed by atoms with Gasteiger partial charge in [0.1, 0.15) is 0 Å². The van der Waals surface area contributed by atoms with Crippen LogP contribution in [-0.2, 0) is 14.3 Å². The monoisotopic (exact) mass is 246 g/mol. The Morgan fingerprint density at radius 2 is 2.38 bits per heavy atom. The summed E-state index contributed by atoms with van der Waals surface area (Å²) in [6.07, 6.45) is 1.98. The molecule has 0 aliphatic carbocycles. The summed E-state index contributed by atoms with van der Waals surface area (Å²) in [5.74, 6) is 0.909. The van der Waals surface area contributed by atoms with E-state index < -0.39 is 0 Å². The molecule has 0 aromatic carbocycles. The van der Waals surface area contributed by atoms with Crippen molar-refractivity contribution >= 4 is 23.6 Å². The van der Waals surface area contributed by atoms with Crippen LogP contribution in [0.4, 0.5) is 0 Å². The molecule has 1 fully saturated rings. The van der Waals surface area contributed by atoms with Crippen molar-refractivity contribution in [2.75, 3.05) is 31.7 Å². The van der Waals surface area contributed by atoms with E-state index in [0.29, 0.717) is 12.3 Å². The van der Waals surface area contributed by atoms with Gasteiger partial charge in [-0.1, -0.05) is 0 Å². The number of methoxy groups -OCH3 is 1. The molecule has 1 atom stereocenters. The number of hydrogen-bond acceptors (Lipinski definition) is 5. The average Bonchev–Trinajstić information content (AvgIpc) is 2.81. The summed E-state index contributed by atoms with van der Waals surface area (Å²) in [6, 6.07) is -0.0226. The molecule has 5 nitrogen and oxygen atoms in total. The lowest BCUT2D eigenvalue weighted by atomic mass is 10.2. The van der Waals surface area contributed by atoms with E-state index >= 15 is 0 Å². The summed E-state index contributed by atoms with van der Waals surface area (Å²) in [5.41, 5.74) is 0. The molecule has 1 saturated heterocycles. The molecular weight excluding hydrogens is 228 g/mol. The third-order valence-electron chi connectivity index (χ3n) is 2.37. The van der Waals surface area contributed by atoms with E-state index in [-0.39, 0.29) is 17.9 Å². The first kappa shape index (κ1) is 13.3. The van der Waals surface area contributed by atoms with Crippen molar-refractivity contribution in [1.29, 1.82) is 0 Å². The second-order valence-corrected chi connectivity index (χ2v) is 4.67. The molecule has 0 aromatic heterocycles. The average molecular weight is 246 g/mol. The van der Waals surface area contributed by atoms with E-state index in [1.807, 2.05) is 0 Å². The van der Waals surface area contributed by atoms with Crippen molar-refractivity contribution in [1.82, 2.24) is 10.6 Å². The Morgan fingerprint density at radius 3 is 3.00 bits per heavy atom. The summed E-state index contributed by atoms with van der Waals surface area (Å²) in [6.45, 7) is 1.52. The van der Waals surface area contributed by atoms with Crippen LogP contribution in [0.15, 0.2) is 0 Å². The van der Waals surface area contributed by atoms with Crippen molar-refractivity contribution in [3.8, 4) is 0 Å². The minimum atomic E-state index is -0.228. The molecule has 92 valence electrons. The van der Waals surface area contributed by atoms with Gasteiger partial charge in [-0.15, -0.1) is 11.8 Å². The van der Waals surface area contributed by atoms with Gasteiger partial charge in [0.2, 0.25) is 5.91 Å². The first-order valence-electron chi connectivity index (χ1n) is 5.39. The van der Waals surface area contributed by atoms with Gasteiger partial charge in [0.05, 0.1) is 18.9 Å². The van der Waals surface area contributed by atoms with Gasteiger partial charge in [-0.25, -0.2) is 0 Å². The molecule has 0 spiro atoms. The van der Waals surface area contributed by atoms with Crippen LogP contribution in [-0.4, -0.2) is 49.6 Å². The maximum absolute atomic E-state index is 11.5. The number of thioether (sulfide) groups is 1. The maximum Gasteiger partial charge on any atom is 0.315 e. The Morgan fingerprint density at radius 1 is 1.56 bits per heavy atom. The largest absolute Gasteiger partial charge is 0.468 e. The normalized spacial score (nSPS) is 19.4. The summed E-state index contributed by atoms with van der Waals surface area (Å²) < 4.78 is 4.50. The quantitative estimate of drug-likeness (QED) is 0.500. The van der Waals surface area contributed by atoms with E-state index in [0.717, 1.165) is 25.1 Å². The fourth-order valence-corrected chi connectivity index (χ4v) is 2.17. The van der Waals surface area contributed by atoms with Crippen molar-refractivity contribution in [3.05, 3.63) is 0 Å². The SMILES string of the molecule is COC(=O)CSCCNC(=O)C1CCCN1. The van der Waals surface area contributed by atoms with Crippen LogP contribution in [0, 0.1) is 0 Å². The van der Waals surface area contributed by atoms with Crippen LogP contribution in [0.1, 0.15) is 12.8 Å². The lowest BCUT2D eigenvalue weighted by Gasteiger charge is -2.10. The number of nitrogens with one attached hydrogen (secondary N) is 2. The number of rotatable bonds is 6. The van der Waals surface area contributed by atoms with Crippen molar-refractivity contribution in [2.24, 2.45) is 0 Å². The van der Waals surface area contributed by atoms with Gasteiger partial charge < -0.3 is 15.4 Å². The van der Waals surface area contributed by atoms with Gasteiger partial charge in [0.15, 0.2) is 0 Å². The number of carbonyl (C=O) groups excluding carboxylic acids is 2. The minimum Gasteiger partial charge on any atom is -0.468 e. The predicted octanol–water partition coefficient (Wildman–Crippen LogP) is -0.239. The van der Waals surface area contributed by atoms with Gasteiger partial charge in [-0.2, -0.15) is 0 Å². The first-order chi connectivity index (χ1) is 7.74. The highest BCUT2D eigenvalue weighted by atomic mass is 32.2. The highest BCUT2D eigenvalue weighted by Crippen LogP contribution is 2.04. The predicted molar refractivity (Wildman–Crippen MR) is 63.4 cm³/mol. The zero-order valence-corrected chi connectivity index (χ0v) is 10.3. The fourth-order valence-electron chi connectivity index (χ4n) is 1.49. The molecule has 0 bridgehead atoms. The summed E-state index contributed by atoms with van der Waals surface area (Å²) in [5, 5.41) is 5.97. The zero-order valence-electron chi connectivity index (χ0n) is 9.45. The molecule has 1 amide bonds. The fraction of sp³-hybridized carbons (Fsp3) is 0.800. The molecule has 6 heteroatoms. The van der Waals surface area contributed by atoms with E-state index in [9.17, 15) is 9.59 Å². The second kappa shape index (κ2) is 7.51. The molecule has 1 rings (SSSR count). The standard InChI is InChI=1S/C10H18N2O3S/c1-15-9(13)7-16-6-5-12-10(14)8-3-2-4-11-8/h8,11H,2-7H2,1H3,(H,12,14). The van der Waals surface area contributed by atoms with Crippen molar-refractivity contribution in [3.63, 3.8) is 0 Å². The van der Waals surface area contributed by atoms with E-state index in [1.165, 1.54) is 18.9 Å². The van der Waals surface area contributed by atoms with Crippen molar-refractivity contribution < 1.29 is 14.3 Å². The van der Waals surface area contributed by atoms with Gasteiger partial charge in [0, 0.05) is 12.3 Å². The molecule has 1 heterocycles. The number of ether oxygens (including phenoxy) is 1. The van der Waals surface area contributed by atoms with Gasteiger partial charge in [-0.3, -0.25) is 9.59 Å². The Labute approximate surface area is 99.7 Å². The topological polar surface area (TPSA) is 67.4 Å². The van der Waals surface area contributed by atoms with Gasteiger partial charge in [-0.05, 0) is 19.4 Å². The lowest BCUT2D eigenvalue weighted by molar-refractivity contribution is -0.137. The molecule has 0 aromatic rings. The lowest BCUT2D eigenvalue weighted by Crippen LogP contribution is -2.41. The molecule has 1 unspecified atom stereocenters. The van der Waals surface area contributed by atoms with Crippen LogP contribution in [0.25, 0.3) is 0 Å². The zero-order chi connectivity index (χ0) is 11.8. The summed E-state index contributed by atoms with van der Waals surface area (Å²) in [7, 11) is 1.37. The van der Waals surface area contributed by atoms with E-state index in [1.54, 1.807) is 0 Å². The third-order valence-corrected chi connectivity index (χ3v) is 3.30. The maximum atomic E-state index is 11.5. The number of hydrogen-bond donors (Lipinski definition) is 2. The molecule has 2 N–H and O–H groups in total. The molecule has 0 saturated carbocycles. The molecule has 1 aliphatic heterocycles. The Kier molecular flexibility index (Phi) is 6.25. The molecule has 16 heavy (non-hydrogen) atoms. The highest BCUT2D eigenvalue weighted by Gasteiger charge is 2.21. The third kappa shape index (κ3) is 4.85. The number of esters is 1. The molecule has 0 radical (unpaired) electrons. The van der Waals surface area contributed by atoms with Crippen LogP contribution in [0.5, 0.6) is 0 Å². The highest BCUT2D eigenvalue weighted by molar-refractivity contribution is 7.99. The molecule has 1 aliphatic rings. The van der Waals surface area contributed by atoms with Crippen LogP contribution in [0.3, 0.4) is 0 Å². The number of carbonyl (C=O) groups is 2. The van der Waals surface area contributed by atoms with Gasteiger partial charge in [0.25, 0.3) is 0 Å². The van der Waals surface area contributed by atoms with Crippen LogP contribution >= 0.6 is 11.8 Å². The number of amides is 1. The van der Waals surface area contributed by atoms with Crippen LogP contribution in [0.2, 0.25) is 0 Å². The summed E-state index contributed by atoms with van der Waals surface area (Å²) >= 11 is 1.46. The smallest absolute Gasteiger partial charge is 0.315 e. The van der Waals surface area contributed by atoms with E-state index in [2.05, 4.69) is 15.4 Å². The molecular formula is C10H18N2O3S. The van der Waals surface area contributed by atoms with E-state index in [4.69, 9.17) is 0 Å². The second-order valence-electron chi connectivity index (χ2n) is 3.57. The Balaban J connectivity index is 1.98. The Bertz CT molecular complexity index is 242. The summed E-state index contributed by atoms with van der Waals surface area (Å²) in [4.78, 5) is 22.3. The van der Waals surface area contributed by atoms with Crippen LogP contribution < -0.4 is 10.6 Å². The van der Waals surface area contributed by atoms with Crippen molar-refractivity contribution in [2.45, 2.75) is 18.9 Å². The minimum absolute atomic E-state index is 0.0226. The first-order valence-corrected chi connectivity index (χ1v) is 6.55.